The third kappa shape index (κ3) is 23.7. The fourth-order valence-electron chi connectivity index (χ4n) is 7.50. The fraction of sp³-hybridized carbons (Fsp3) is 0.913. The second-order valence-corrected chi connectivity index (χ2v) is 16.9. The predicted molar refractivity (Wildman–Crippen MR) is 229 cm³/mol. The Morgan fingerprint density at radius 2 is 0.934 bits per heavy atom. The lowest BCUT2D eigenvalue weighted by molar-refractivity contribution is -0.332. The third-order valence-electron chi connectivity index (χ3n) is 11.5. The van der Waals surface area contributed by atoms with Crippen LogP contribution in [0.2, 0.25) is 0 Å². The summed E-state index contributed by atoms with van der Waals surface area (Å²) in [4.78, 5) is 25.6. The van der Waals surface area contributed by atoms with Crippen LogP contribution >= 0.6 is 0 Å². The van der Waals surface area contributed by atoms with Gasteiger partial charge >= 0.3 is 11.9 Å². The van der Waals surface area contributed by atoms with E-state index < -0.39 is 92.7 Å². The number of carbonyl (C=O) groups excluding carboxylic acids is 2. The van der Waals surface area contributed by atoms with E-state index in [1.54, 1.807) is 0 Å². The Kier molecular flexibility index (Phi) is 31.4. The average molecular weight is 877 g/mol. The molecule has 0 saturated carbocycles. The molecule has 2 saturated heterocycles. The lowest BCUT2D eigenvalue weighted by Gasteiger charge is -2.42. The number of aliphatic hydroxyl groups is 7. The van der Waals surface area contributed by atoms with E-state index in [1.165, 1.54) is 89.9 Å². The molecule has 15 heteroatoms. The maximum absolute atomic E-state index is 12.9. The molecular weight excluding hydrogens is 792 g/mol. The van der Waals surface area contributed by atoms with Crippen molar-refractivity contribution in [2.75, 3.05) is 26.4 Å². The molecule has 15 nitrogen and oxygen atoms in total. The number of unbranched alkanes of at least 4 members (excludes halogenated alkanes) is 20. The molecule has 2 aliphatic heterocycles. The minimum absolute atomic E-state index is 0.168. The van der Waals surface area contributed by atoms with E-state index in [0.717, 1.165) is 44.9 Å². The molecule has 4 unspecified atom stereocenters. The number of aliphatic hydroxyl groups excluding tert-OH is 7. The monoisotopic (exact) mass is 877 g/mol. The molecule has 2 rings (SSSR count). The van der Waals surface area contributed by atoms with E-state index in [1.807, 2.05) is 0 Å². The Bertz CT molecular complexity index is 1120. The topological polar surface area (TPSA) is 231 Å². The minimum Gasteiger partial charge on any atom is -0.462 e. The minimum atomic E-state index is -1.76. The third-order valence-corrected chi connectivity index (χ3v) is 11.5. The van der Waals surface area contributed by atoms with Crippen molar-refractivity contribution in [2.24, 2.45) is 0 Å². The van der Waals surface area contributed by atoms with Crippen LogP contribution in [0, 0.1) is 0 Å². The average Bonchev–Trinajstić information content (AvgIpc) is 3.25. The molecule has 2 fully saturated rings. The normalized spacial score (nSPS) is 27.4. The molecule has 2 aliphatic rings. The van der Waals surface area contributed by atoms with Crippen LogP contribution in [0.1, 0.15) is 174 Å². The van der Waals surface area contributed by atoms with Gasteiger partial charge in [-0.25, -0.2) is 0 Å². The van der Waals surface area contributed by atoms with Crippen LogP contribution in [0.5, 0.6) is 0 Å². The molecule has 0 amide bonds. The molecule has 0 aromatic heterocycles. The van der Waals surface area contributed by atoms with Gasteiger partial charge in [-0.1, -0.05) is 135 Å². The summed E-state index contributed by atoms with van der Waals surface area (Å²) in [5.41, 5.74) is 0. The smallest absolute Gasteiger partial charge is 0.306 e. The van der Waals surface area contributed by atoms with Gasteiger partial charge in [0.15, 0.2) is 18.7 Å². The van der Waals surface area contributed by atoms with Gasteiger partial charge in [0.1, 0.15) is 55.4 Å². The van der Waals surface area contributed by atoms with Crippen LogP contribution in [0.4, 0.5) is 0 Å². The van der Waals surface area contributed by atoms with E-state index in [-0.39, 0.29) is 26.1 Å². The van der Waals surface area contributed by atoms with Crippen molar-refractivity contribution < 1.29 is 73.8 Å². The van der Waals surface area contributed by atoms with E-state index in [0.29, 0.717) is 12.8 Å². The van der Waals surface area contributed by atoms with Crippen LogP contribution in [-0.2, 0) is 38.0 Å². The Labute approximate surface area is 365 Å². The van der Waals surface area contributed by atoms with Crippen LogP contribution in [0.3, 0.4) is 0 Å². The molecule has 7 N–H and O–H groups in total. The lowest BCUT2D eigenvalue weighted by atomic mass is 9.98. The van der Waals surface area contributed by atoms with Crippen LogP contribution < -0.4 is 0 Å². The standard InChI is InChI=1S/C46H84O15/c1-3-5-7-9-11-13-15-16-17-18-19-21-22-24-26-28-37(48)56-31-34(59-38(49)29-27-25-23-20-14-12-10-8-6-4-2)32-57-45-44(55)42(53)40(51)36(61-45)33-58-46-43(54)41(52)39(50)35(30-47)60-46/h13,15,34-36,39-47,50-55H,3-12,14,16-33H2,1-2H3/b15-13+/t34-,35-,36-,39+,40+,41?,42?,43?,44?,45-,46-/m1/s1. The largest absolute Gasteiger partial charge is 0.462 e. The molecule has 61 heavy (non-hydrogen) atoms. The Hall–Kier alpha value is -1.76. The lowest BCUT2D eigenvalue weighted by Crippen LogP contribution is -2.61. The van der Waals surface area contributed by atoms with Crippen molar-refractivity contribution in [3.05, 3.63) is 12.2 Å². The summed E-state index contributed by atoms with van der Waals surface area (Å²) in [7, 11) is 0. The number of ether oxygens (including phenoxy) is 6. The molecule has 0 aliphatic carbocycles. The van der Waals surface area contributed by atoms with Gasteiger partial charge in [-0.2, -0.15) is 0 Å². The summed E-state index contributed by atoms with van der Waals surface area (Å²) in [6, 6.07) is 0. The highest BCUT2D eigenvalue weighted by Gasteiger charge is 2.47. The first-order valence-corrected chi connectivity index (χ1v) is 23.8. The molecule has 11 atom stereocenters. The zero-order chi connectivity index (χ0) is 44.7. The number of hydrogen-bond donors (Lipinski definition) is 7. The molecular formula is C46H84O15. The molecule has 358 valence electrons. The highest BCUT2D eigenvalue weighted by molar-refractivity contribution is 5.70. The highest BCUT2D eigenvalue weighted by atomic mass is 16.7. The summed E-state index contributed by atoms with van der Waals surface area (Å²) in [6.07, 6.45) is 14.0. The maximum atomic E-state index is 12.9. The van der Waals surface area contributed by atoms with Gasteiger partial charge in [-0.15, -0.1) is 0 Å². The van der Waals surface area contributed by atoms with E-state index in [4.69, 9.17) is 28.4 Å². The Morgan fingerprint density at radius 1 is 0.508 bits per heavy atom. The predicted octanol–water partition coefficient (Wildman–Crippen LogP) is 5.43. The first kappa shape index (κ1) is 55.4. The van der Waals surface area contributed by atoms with Crippen LogP contribution in [0.25, 0.3) is 0 Å². The van der Waals surface area contributed by atoms with Crippen molar-refractivity contribution >= 4 is 11.9 Å². The zero-order valence-corrected chi connectivity index (χ0v) is 37.4. The van der Waals surface area contributed by atoms with Crippen molar-refractivity contribution in [3.63, 3.8) is 0 Å². The fourth-order valence-corrected chi connectivity index (χ4v) is 7.50. The maximum Gasteiger partial charge on any atom is 0.306 e. The highest BCUT2D eigenvalue weighted by Crippen LogP contribution is 2.26. The molecule has 2 heterocycles. The summed E-state index contributed by atoms with van der Waals surface area (Å²) in [5, 5.41) is 71.8. The number of rotatable bonds is 36. The van der Waals surface area contributed by atoms with Gasteiger partial charge in [0, 0.05) is 12.8 Å². The second-order valence-electron chi connectivity index (χ2n) is 16.9. The number of esters is 2. The van der Waals surface area contributed by atoms with Gasteiger partial charge in [-0.3, -0.25) is 9.59 Å². The first-order chi connectivity index (χ1) is 29.5. The van der Waals surface area contributed by atoms with E-state index in [9.17, 15) is 45.3 Å². The molecule has 0 radical (unpaired) electrons. The van der Waals surface area contributed by atoms with Crippen molar-refractivity contribution in [1.29, 1.82) is 0 Å². The first-order valence-electron chi connectivity index (χ1n) is 23.8. The second kappa shape index (κ2) is 34.6. The van der Waals surface area contributed by atoms with Crippen molar-refractivity contribution in [1.82, 2.24) is 0 Å². The van der Waals surface area contributed by atoms with Crippen LogP contribution in [0.15, 0.2) is 12.2 Å². The van der Waals surface area contributed by atoms with Gasteiger partial charge in [0.25, 0.3) is 0 Å². The Balaban J connectivity index is 1.83. The number of allylic oxidation sites excluding steroid dienone is 2. The zero-order valence-electron chi connectivity index (χ0n) is 37.4. The van der Waals surface area contributed by atoms with Crippen molar-refractivity contribution in [2.45, 2.75) is 242 Å². The van der Waals surface area contributed by atoms with Gasteiger partial charge in [0.05, 0.1) is 19.8 Å². The van der Waals surface area contributed by atoms with Crippen molar-refractivity contribution in [3.8, 4) is 0 Å². The van der Waals surface area contributed by atoms with E-state index in [2.05, 4.69) is 26.0 Å². The van der Waals surface area contributed by atoms with Gasteiger partial charge < -0.3 is 64.2 Å². The quantitative estimate of drug-likeness (QED) is 0.0236. The van der Waals surface area contributed by atoms with E-state index >= 15 is 0 Å². The molecule has 0 spiro atoms. The molecule has 0 aromatic carbocycles. The molecule has 0 aromatic rings. The summed E-state index contributed by atoms with van der Waals surface area (Å²) < 4.78 is 33.5. The SMILES string of the molecule is CCCCCC/C=C/CCCCCCCCCC(=O)OC[C@H](CO[C@@H]1O[C@H](CO[C@@H]2O[C@H](CO)[C@H](O)C(O)C2O)[C@H](O)C(O)C1O)OC(=O)CCCCCCCCCCCC. The number of carbonyl (C=O) groups is 2. The number of hydrogen-bond acceptors (Lipinski definition) is 15. The van der Waals surface area contributed by atoms with Gasteiger partial charge in [0.2, 0.25) is 0 Å². The van der Waals surface area contributed by atoms with Crippen LogP contribution in [-0.4, -0.2) is 142 Å². The summed E-state index contributed by atoms with van der Waals surface area (Å²) in [6.45, 7) is 2.55. The molecule has 0 bridgehead atoms. The summed E-state index contributed by atoms with van der Waals surface area (Å²) in [5.74, 6) is -0.927. The van der Waals surface area contributed by atoms with Gasteiger partial charge in [-0.05, 0) is 38.5 Å². The summed E-state index contributed by atoms with van der Waals surface area (Å²) >= 11 is 0. The Morgan fingerprint density at radius 3 is 1.46 bits per heavy atom.